The van der Waals surface area contributed by atoms with Crippen molar-refractivity contribution < 1.29 is 14.0 Å². The zero-order valence-electron chi connectivity index (χ0n) is 15.0. The van der Waals surface area contributed by atoms with Crippen LogP contribution in [0.4, 0.5) is 10.1 Å². The summed E-state index contributed by atoms with van der Waals surface area (Å²) in [7, 11) is 0. The summed E-state index contributed by atoms with van der Waals surface area (Å²) in [5.74, 6) is -0.895. The van der Waals surface area contributed by atoms with Crippen LogP contribution in [0.3, 0.4) is 0 Å². The maximum absolute atomic E-state index is 13.2. The quantitative estimate of drug-likeness (QED) is 0.608. The number of anilines is 1. The molecule has 0 aliphatic heterocycles. The van der Waals surface area contributed by atoms with Gasteiger partial charge in [-0.2, -0.15) is 0 Å². The van der Waals surface area contributed by atoms with Gasteiger partial charge >= 0.3 is 0 Å². The van der Waals surface area contributed by atoms with E-state index in [1.807, 2.05) is 30.3 Å². The van der Waals surface area contributed by atoms with Crippen molar-refractivity contribution in [2.24, 2.45) is 0 Å². The van der Waals surface area contributed by atoms with Crippen molar-refractivity contribution in [3.8, 4) is 0 Å². The SMILES string of the molecule is O=C(CCCc1nnc(C(=O)Nc2cccc(F)c2)s1)NCc1ccccc1. The monoisotopic (exact) mass is 398 g/mol. The highest BCUT2D eigenvalue weighted by Crippen LogP contribution is 2.16. The number of benzene rings is 2. The van der Waals surface area contributed by atoms with Gasteiger partial charge in [-0.05, 0) is 30.2 Å². The average molecular weight is 398 g/mol. The van der Waals surface area contributed by atoms with Crippen molar-refractivity contribution in [2.45, 2.75) is 25.8 Å². The van der Waals surface area contributed by atoms with Crippen molar-refractivity contribution in [1.29, 1.82) is 0 Å². The van der Waals surface area contributed by atoms with Gasteiger partial charge in [0.05, 0.1) is 0 Å². The summed E-state index contributed by atoms with van der Waals surface area (Å²) in [5, 5.41) is 14.2. The molecule has 8 heteroatoms. The van der Waals surface area contributed by atoms with Crippen molar-refractivity contribution >= 4 is 28.8 Å². The number of carbonyl (C=O) groups is 2. The molecule has 1 aromatic heterocycles. The van der Waals surface area contributed by atoms with Gasteiger partial charge in [-0.15, -0.1) is 10.2 Å². The van der Waals surface area contributed by atoms with Crippen LogP contribution in [0, 0.1) is 5.82 Å². The number of carbonyl (C=O) groups excluding carboxylic acids is 2. The van der Waals surface area contributed by atoms with Crippen molar-refractivity contribution in [2.75, 3.05) is 5.32 Å². The third-order valence-corrected chi connectivity index (χ3v) is 4.85. The minimum absolute atomic E-state index is 0.0301. The van der Waals surface area contributed by atoms with Gasteiger partial charge in [0.1, 0.15) is 10.8 Å². The molecule has 2 amide bonds. The molecule has 1 heterocycles. The van der Waals surface area contributed by atoms with Gasteiger partial charge in [-0.3, -0.25) is 9.59 Å². The summed E-state index contributed by atoms with van der Waals surface area (Å²) < 4.78 is 13.2. The van der Waals surface area contributed by atoms with Gasteiger partial charge in [0, 0.05) is 25.1 Å². The van der Waals surface area contributed by atoms with Gasteiger partial charge in [-0.1, -0.05) is 47.7 Å². The van der Waals surface area contributed by atoms with Crippen LogP contribution in [0.25, 0.3) is 0 Å². The summed E-state index contributed by atoms with van der Waals surface area (Å²) in [5.41, 5.74) is 1.41. The molecule has 0 atom stereocenters. The molecule has 6 nitrogen and oxygen atoms in total. The normalized spacial score (nSPS) is 10.5. The number of hydrogen-bond donors (Lipinski definition) is 2. The lowest BCUT2D eigenvalue weighted by Crippen LogP contribution is -2.22. The first-order chi connectivity index (χ1) is 13.6. The number of nitrogens with one attached hydrogen (secondary N) is 2. The standard InChI is InChI=1S/C20H19FN4O2S/c21-15-8-4-9-16(12-15)23-19(27)20-25-24-18(28-20)11-5-10-17(26)22-13-14-6-2-1-3-7-14/h1-4,6-9,12H,5,10-11,13H2,(H,22,26)(H,23,27). The molecule has 3 aromatic rings. The topological polar surface area (TPSA) is 84.0 Å². The lowest BCUT2D eigenvalue weighted by molar-refractivity contribution is -0.121. The Morgan fingerprint density at radius 3 is 2.64 bits per heavy atom. The van der Waals surface area contributed by atoms with Crippen molar-refractivity contribution in [3.63, 3.8) is 0 Å². The molecule has 0 radical (unpaired) electrons. The number of hydrogen-bond acceptors (Lipinski definition) is 5. The number of aromatic nitrogens is 2. The van der Waals surface area contributed by atoms with E-state index in [2.05, 4.69) is 20.8 Å². The lowest BCUT2D eigenvalue weighted by Gasteiger charge is -2.04. The van der Waals surface area contributed by atoms with Crippen LogP contribution in [0.5, 0.6) is 0 Å². The van der Waals surface area contributed by atoms with Gasteiger partial charge in [0.15, 0.2) is 0 Å². The summed E-state index contributed by atoms with van der Waals surface area (Å²) in [6.07, 6.45) is 1.54. The van der Waals surface area contributed by atoms with Crippen LogP contribution in [0.15, 0.2) is 54.6 Å². The Morgan fingerprint density at radius 1 is 1.04 bits per heavy atom. The highest BCUT2D eigenvalue weighted by molar-refractivity contribution is 7.13. The number of nitrogens with zero attached hydrogens (tertiary/aromatic N) is 2. The third kappa shape index (κ3) is 5.95. The molecule has 0 unspecified atom stereocenters. The first-order valence-corrected chi connectivity index (χ1v) is 9.62. The molecule has 0 fully saturated rings. The predicted octanol–water partition coefficient (Wildman–Crippen LogP) is 3.57. The van der Waals surface area contributed by atoms with E-state index in [4.69, 9.17) is 0 Å². The molecule has 0 aliphatic carbocycles. The fourth-order valence-corrected chi connectivity index (χ4v) is 3.26. The molecule has 144 valence electrons. The molecular weight excluding hydrogens is 379 g/mol. The number of halogens is 1. The average Bonchev–Trinajstić information content (AvgIpc) is 3.16. The number of rotatable bonds is 8. The summed E-state index contributed by atoms with van der Waals surface area (Å²) in [6, 6.07) is 15.3. The molecule has 0 bridgehead atoms. The second kappa shape index (κ2) is 9.70. The maximum atomic E-state index is 13.2. The predicted molar refractivity (Wildman–Crippen MR) is 105 cm³/mol. The Hall–Kier alpha value is -3.13. The maximum Gasteiger partial charge on any atom is 0.286 e. The van der Waals surface area contributed by atoms with Crippen molar-refractivity contribution in [3.05, 3.63) is 76.0 Å². The lowest BCUT2D eigenvalue weighted by atomic mass is 10.2. The van der Waals surface area contributed by atoms with Crippen LogP contribution in [0.2, 0.25) is 0 Å². The smallest absolute Gasteiger partial charge is 0.286 e. The Balaban J connectivity index is 1.41. The van der Waals surface area contributed by atoms with Gasteiger partial charge in [0.25, 0.3) is 5.91 Å². The third-order valence-electron chi connectivity index (χ3n) is 3.87. The Kier molecular flexibility index (Phi) is 6.80. The van der Waals surface area contributed by atoms with Crippen LogP contribution in [-0.4, -0.2) is 22.0 Å². The minimum Gasteiger partial charge on any atom is -0.352 e. The van der Waals surface area contributed by atoms with E-state index in [9.17, 15) is 14.0 Å². The summed E-state index contributed by atoms with van der Waals surface area (Å²) >= 11 is 1.17. The Morgan fingerprint density at radius 2 is 1.86 bits per heavy atom. The molecule has 2 N–H and O–H groups in total. The van der Waals surface area contributed by atoms with Gasteiger partial charge in [-0.25, -0.2) is 4.39 Å². The van der Waals surface area contributed by atoms with Crippen LogP contribution in [-0.2, 0) is 17.8 Å². The van der Waals surface area contributed by atoms with E-state index >= 15 is 0 Å². The highest BCUT2D eigenvalue weighted by atomic mass is 32.1. The van der Waals surface area contributed by atoms with Crippen LogP contribution >= 0.6 is 11.3 Å². The molecule has 2 aromatic carbocycles. The highest BCUT2D eigenvalue weighted by Gasteiger charge is 2.13. The van der Waals surface area contributed by atoms with E-state index in [0.717, 1.165) is 5.56 Å². The Bertz CT molecular complexity index is 946. The van der Waals surface area contributed by atoms with Gasteiger partial charge in [0.2, 0.25) is 10.9 Å². The van der Waals surface area contributed by atoms with E-state index in [-0.39, 0.29) is 10.9 Å². The number of amides is 2. The zero-order valence-corrected chi connectivity index (χ0v) is 15.8. The first kappa shape index (κ1) is 19.6. The summed E-state index contributed by atoms with van der Waals surface area (Å²) in [4.78, 5) is 24.1. The zero-order chi connectivity index (χ0) is 19.8. The van der Waals surface area contributed by atoms with Crippen molar-refractivity contribution in [1.82, 2.24) is 15.5 Å². The second-order valence-electron chi connectivity index (χ2n) is 6.08. The van der Waals surface area contributed by atoms with Crippen LogP contribution < -0.4 is 10.6 Å². The minimum atomic E-state index is -0.435. The van der Waals surface area contributed by atoms with E-state index < -0.39 is 11.7 Å². The van der Waals surface area contributed by atoms with E-state index in [1.165, 1.54) is 29.5 Å². The van der Waals surface area contributed by atoms with E-state index in [0.29, 0.717) is 36.5 Å². The van der Waals surface area contributed by atoms with Crippen LogP contribution in [0.1, 0.15) is 33.2 Å². The molecule has 28 heavy (non-hydrogen) atoms. The number of aryl methyl sites for hydroxylation is 1. The molecule has 0 saturated carbocycles. The molecule has 0 saturated heterocycles. The fraction of sp³-hybridized carbons (Fsp3) is 0.200. The van der Waals surface area contributed by atoms with E-state index in [1.54, 1.807) is 6.07 Å². The summed E-state index contributed by atoms with van der Waals surface area (Å²) in [6.45, 7) is 0.503. The molecule has 0 aliphatic rings. The fourth-order valence-electron chi connectivity index (χ4n) is 2.48. The second-order valence-corrected chi connectivity index (χ2v) is 7.14. The molecule has 3 rings (SSSR count). The van der Waals surface area contributed by atoms with Gasteiger partial charge < -0.3 is 10.6 Å². The largest absolute Gasteiger partial charge is 0.352 e. The molecular formula is C20H19FN4O2S. The molecule has 0 spiro atoms. The first-order valence-electron chi connectivity index (χ1n) is 8.80. The Labute approximate surface area is 165 Å².